The summed E-state index contributed by atoms with van der Waals surface area (Å²) in [7, 11) is 0. The molecule has 122 valence electrons. The van der Waals surface area contributed by atoms with Crippen molar-refractivity contribution in [1.29, 1.82) is 0 Å². The van der Waals surface area contributed by atoms with Gasteiger partial charge in [0.1, 0.15) is 12.4 Å². The maximum Gasteiger partial charge on any atom is 0.219 e. The van der Waals surface area contributed by atoms with Gasteiger partial charge in [0.05, 0.1) is 16.9 Å². The van der Waals surface area contributed by atoms with Gasteiger partial charge in [-0.15, -0.1) is 11.3 Å². The van der Waals surface area contributed by atoms with Gasteiger partial charge in [-0.25, -0.2) is 4.98 Å². The summed E-state index contributed by atoms with van der Waals surface area (Å²) in [5.74, 6) is 1.00. The number of ether oxygens (including phenoxy) is 1. The molecule has 0 bridgehead atoms. The van der Waals surface area contributed by atoms with E-state index in [0.717, 1.165) is 43.1 Å². The summed E-state index contributed by atoms with van der Waals surface area (Å²) in [5, 5.41) is 5.55. The number of nitrogens with zero attached hydrogens (tertiary/aromatic N) is 2. The van der Waals surface area contributed by atoms with Crippen LogP contribution in [-0.4, -0.2) is 34.9 Å². The number of nitrogens with one attached hydrogen (secondary N) is 1. The number of likely N-dealkylation sites (tertiary alicyclic amines) is 1. The zero-order valence-corrected chi connectivity index (χ0v) is 14.0. The van der Waals surface area contributed by atoms with E-state index in [2.05, 4.69) is 10.3 Å². The molecule has 0 spiro atoms. The van der Waals surface area contributed by atoms with Gasteiger partial charge in [-0.05, 0) is 25.0 Å². The van der Waals surface area contributed by atoms with Crippen LogP contribution in [0.4, 0.5) is 5.69 Å². The van der Waals surface area contributed by atoms with Crippen LogP contribution in [0.2, 0.25) is 0 Å². The largest absolute Gasteiger partial charge is 0.485 e. The lowest BCUT2D eigenvalue weighted by atomic mass is 10.0. The summed E-state index contributed by atoms with van der Waals surface area (Å²) in [5.41, 5.74) is 3.76. The van der Waals surface area contributed by atoms with Crippen LogP contribution in [0.3, 0.4) is 0 Å². The van der Waals surface area contributed by atoms with E-state index in [4.69, 9.17) is 4.74 Å². The summed E-state index contributed by atoms with van der Waals surface area (Å²) in [4.78, 5) is 17.5. The molecule has 5 nitrogen and oxygen atoms in total. The number of hydrogen-bond donors (Lipinski definition) is 1. The van der Waals surface area contributed by atoms with Crippen LogP contribution in [-0.2, 0) is 11.4 Å². The highest BCUT2D eigenvalue weighted by atomic mass is 32.1. The highest BCUT2D eigenvalue weighted by molar-refractivity contribution is 7.07. The van der Waals surface area contributed by atoms with Crippen molar-refractivity contribution in [2.45, 2.75) is 32.4 Å². The maximum absolute atomic E-state index is 11.4. The number of carbonyl (C=O) groups is 1. The van der Waals surface area contributed by atoms with Gasteiger partial charge in [0.15, 0.2) is 0 Å². The molecular formula is C17H21N3O2S. The van der Waals surface area contributed by atoms with E-state index in [-0.39, 0.29) is 5.91 Å². The summed E-state index contributed by atoms with van der Waals surface area (Å²) >= 11 is 1.57. The lowest BCUT2D eigenvalue weighted by molar-refractivity contribution is -0.129. The Balaban J connectivity index is 1.58. The Bertz CT molecular complexity index is 637. The molecular weight excluding hydrogens is 310 g/mol. The van der Waals surface area contributed by atoms with Crippen LogP contribution in [0.15, 0.2) is 35.2 Å². The summed E-state index contributed by atoms with van der Waals surface area (Å²) in [6.07, 6.45) is 1.92. The van der Waals surface area contributed by atoms with Crippen molar-refractivity contribution in [3.05, 3.63) is 40.8 Å². The normalized spacial score (nSPS) is 15.4. The SMILES string of the molecule is CC(=O)N1CCC(Nc2ccccc2OCc2cscn2)CC1. The monoisotopic (exact) mass is 331 g/mol. The average Bonchev–Trinajstić information content (AvgIpc) is 3.08. The number of para-hydroxylation sites is 2. The van der Waals surface area contributed by atoms with Crippen molar-refractivity contribution in [1.82, 2.24) is 9.88 Å². The van der Waals surface area contributed by atoms with Gasteiger partial charge in [0.2, 0.25) is 5.91 Å². The van der Waals surface area contributed by atoms with Gasteiger partial charge in [-0.3, -0.25) is 4.79 Å². The number of aromatic nitrogens is 1. The molecule has 0 unspecified atom stereocenters. The minimum absolute atomic E-state index is 0.162. The molecule has 0 radical (unpaired) electrons. The van der Waals surface area contributed by atoms with Gasteiger partial charge in [-0.2, -0.15) is 0 Å². The zero-order chi connectivity index (χ0) is 16.1. The first-order chi connectivity index (χ1) is 11.2. The lowest BCUT2D eigenvalue weighted by Gasteiger charge is -2.32. The Hall–Kier alpha value is -2.08. The average molecular weight is 331 g/mol. The molecule has 1 saturated heterocycles. The Morgan fingerprint density at radius 3 is 2.87 bits per heavy atom. The van der Waals surface area contributed by atoms with Gasteiger partial charge < -0.3 is 15.0 Å². The van der Waals surface area contributed by atoms with Crippen LogP contribution in [0.1, 0.15) is 25.5 Å². The van der Waals surface area contributed by atoms with Crippen LogP contribution in [0.5, 0.6) is 5.75 Å². The molecule has 1 N–H and O–H groups in total. The van der Waals surface area contributed by atoms with Gasteiger partial charge >= 0.3 is 0 Å². The second-order valence-electron chi connectivity index (χ2n) is 5.69. The molecule has 0 saturated carbocycles. The molecule has 6 heteroatoms. The molecule has 1 aromatic carbocycles. The van der Waals surface area contributed by atoms with E-state index in [0.29, 0.717) is 12.6 Å². The molecule has 1 aromatic heterocycles. The third kappa shape index (κ3) is 4.22. The molecule has 0 atom stereocenters. The number of amides is 1. The van der Waals surface area contributed by atoms with E-state index >= 15 is 0 Å². The fourth-order valence-corrected chi connectivity index (χ4v) is 3.27. The second kappa shape index (κ2) is 7.46. The fourth-order valence-electron chi connectivity index (χ4n) is 2.73. The molecule has 1 aliphatic rings. The predicted octanol–water partition coefficient (Wildman–Crippen LogP) is 3.14. The molecule has 1 aliphatic heterocycles. The van der Waals surface area contributed by atoms with E-state index in [1.165, 1.54) is 0 Å². The van der Waals surface area contributed by atoms with E-state index in [1.807, 2.05) is 40.1 Å². The molecule has 2 heterocycles. The topological polar surface area (TPSA) is 54.5 Å². The molecule has 1 amide bonds. The smallest absolute Gasteiger partial charge is 0.219 e. The molecule has 23 heavy (non-hydrogen) atoms. The molecule has 2 aromatic rings. The first-order valence-electron chi connectivity index (χ1n) is 7.83. The first kappa shape index (κ1) is 15.8. The minimum atomic E-state index is 0.162. The van der Waals surface area contributed by atoms with Crippen molar-refractivity contribution in [3.63, 3.8) is 0 Å². The lowest BCUT2D eigenvalue weighted by Crippen LogP contribution is -2.41. The van der Waals surface area contributed by atoms with Crippen LogP contribution < -0.4 is 10.1 Å². The van der Waals surface area contributed by atoms with Gasteiger partial charge in [0.25, 0.3) is 0 Å². The van der Waals surface area contributed by atoms with E-state index in [9.17, 15) is 4.79 Å². The maximum atomic E-state index is 11.4. The Morgan fingerprint density at radius 1 is 1.39 bits per heavy atom. The van der Waals surface area contributed by atoms with Crippen molar-refractivity contribution >= 4 is 22.9 Å². The van der Waals surface area contributed by atoms with Gasteiger partial charge in [0, 0.05) is 31.4 Å². The standard InChI is InChI=1S/C17H21N3O2S/c1-13(21)20-8-6-14(7-9-20)19-16-4-2-3-5-17(16)22-10-15-11-23-12-18-15/h2-5,11-12,14,19H,6-10H2,1H3. The van der Waals surface area contributed by atoms with E-state index < -0.39 is 0 Å². The highest BCUT2D eigenvalue weighted by Crippen LogP contribution is 2.27. The summed E-state index contributed by atoms with van der Waals surface area (Å²) < 4.78 is 5.90. The predicted molar refractivity (Wildman–Crippen MR) is 91.8 cm³/mol. The zero-order valence-electron chi connectivity index (χ0n) is 13.2. The highest BCUT2D eigenvalue weighted by Gasteiger charge is 2.21. The minimum Gasteiger partial charge on any atom is -0.485 e. The number of carbonyl (C=O) groups excluding carboxylic acids is 1. The Morgan fingerprint density at radius 2 is 2.17 bits per heavy atom. The van der Waals surface area contributed by atoms with E-state index in [1.54, 1.807) is 18.3 Å². The Kier molecular flexibility index (Phi) is 5.12. The van der Waals surface area contributed by atoms with Crippen LogP contribution >= 0.6 is 11.3 Å². The van der Waals surface area contributed by atoms with Crippen LogP contribution in [0, 0.1) is 0 Å². The third-order valence-corrected chi connectivity index (χ3v) is 4.68. The number of anilines is 1. The molecule has 0 aliphatic carbocycles. The molecule has 1 fully saturated rings. The van der Waals surface area contributed by atoms with Gasteiger partial charge in [-0.1, -0.05) is 12.1 Å². The van der Waals surface area contributed by atoms with Crippen molar-refractivity contribution in [3.8, 4) is 5.75 Å². The summed E-state index contributed by atoms with van der Waals surface area (Å²) in [6.45, 7) is 3.74. The van der Waals surface area contributed by atoms with Crippen molar-refractivity contribution in [2.75, 3.05) is 18.4 Å². The Labute approximate surface area is 140 Å². The number of rotatable bonds is 5. The second-order valence-corrected chi connectivity index (χ2v) is 6.41. The fraction of sp³-hybridized carbons (Fsp3) is 0.412. The summed E-state index contributed by atoms with van der Waals surface area (Å²) in [6, 6.07) is 8.35. The first-order valence-corrected chi connectivity index (χ1v) is 8.77. The van der Waals surface area contributed by atoms with Crippen LogP contribution in [0.25, 0.3) is 0 Å². The van der Waals surface area contributed by atoms with Crippen molar-refractivity contribution < 1.29 is 9.53 Å². The third-order valence-electron chi connectivity index (χ3n) is 4.05. The molecule has 3 rings (SSSR count). The quantitative estimate of drug-likeness (QED) is 0.914. The number of thiazole rings is 1. The number of benzene rings is 1. The van der Waals surface area contributed by atoms with Crippen molar-refractivity contribution in [2.24, 2.45) is 0 Å². The number of hydrogen-bond acceptors (Lipinski definition) is 5. The number of piperidine rings is 1.